The summed E-state index contributed by atoms with van der Waals surface area (Å²) in [5.74, 6) is -0.271. The summed E-state index contributed by atoms with van der Waals surface area (Å²) >= 11 is 6.18. The number of carbonyl (C=O) groups is 2. The highest BCUT2D eigenvalue weighted by Crippen LogP contribution is 2.29. The lowest BCUT2D eigenvalue weighted by atomic mass is 10.1. The van der Waals surface area contributed by atoms with E-state index in [-0.39, 0.29) is 18.5 Å². The molecule has 0 saturated carbocycles. The Labute approximate surface area is 258 Å². The van der Waals surface area contributed by atoms with Crippen molar-refractivity contribution < 1.29 is 14.3 Å². The van der Waals surface area contributed by atoms with Gasteiger partial charge in [-0.2, -0.15) is 0 Å². The molecule has 1 aromatic heterocycles. The van der Waals surface area contributed by atoms with Crippen LogP contribution in [-0.4, -0.2) is 41.4 Å². The predicted octanol–water partition coefficient (Wildman–Crippen LogP) is 7.90. The van der Waals surface area contributed by atoms with Crippen LogP contribution in [-0.2, 0) is 27.4 Å². The van der Waals surface area contributed by atoms with Crippen molar-refractivity contribution in [2.24, 2.45) is 0 Å². The highest BCUT2D eigenvalue weighted by molar-refractivity contribution is 6.31. The molecule has 5 rings (SSSR count). The number of rotatable bonds is 13. The first-order valence-electron chi connectivity index (χ1n) is 15.2. The molecule has 1 fully saturated rings. The number of pyridine rings is 1. The smallest absolute Gasteiger partial charge is 0.306 e. The van der Waals surface area contributed by atoms with Gasteiger partial charge in [0.05, 0.1) is 12.1 Å². The van der Waals surface area contributed by atoms with Crippen LogP contribution in [0.2, 0.25) is 5.02 Å². The van der Waals surface area contributed by atoms with Gasteiger partial charge >= 0.3 is 5.97 Å². The van der Waals surface area contributed by atoms with Crippen LogP contribution in [0.25, 0.3) is 10.9 Å². The second-order valence-corrected chi connectivity index (χ2v) is 11.6. The number of likely N-dealkylation sites (tertiary alicyclic amines) is 1. The number of unbranched alkanes of at least 4 members (excludes halogenated alkanes) is 2. The average Bonchev–Trinajstić information content (AvgIpc) is 3.01. The SMILES string of the molecule is O=C(CN1CCCCC1)Nc1cc(COC(=O)CCCCCc2ccccc2)cc(Nc2ccnc3cc(Cl)ccc23)c1. The second kappa shape index (κ2) is 15.5. The monoisotopic (exact) mass is 598 g/mol. The third-order valence-electron chi connectivity index (χ3n) is 7.67. The third kappa shape index (κ3) is 9.53. The number of esters is 1. The molecule has 0 unspecified atom stereocenters. The number of ether oxygens (including phenoxy) is 1. The number of hydrogen-bond acceptors (Lipinski definition) is 6. The molecule has 43 heavy (non-hydrogen) atoms. The number of carbonyl (C=O) groups excluding carboxylic acids is 2. The normalized spacial score (nSPS) is 13.5. The quantitative estimate of drug-likeness (QED) is 0.120. The van der Waals surface area contributed by atoms with Gasteiger partial charge in [0, 0.05) is 40.1 Å². The molecule has 2 N–H and O–H groups in total. The lowest BCUT2D eigenvalue weighted by Gasteiger charge is -2.25. The molecule has 8 heteroatoms. The van der Waals surface area contributed by atoms with Crippen LogP contribution >= 0.6 is 11.6 Å². The molecular weight excluding hydrogens is 560 g/mol. The van der Waals surface area contributed by atoms with Crippen LogP contribution in [0.1, 0.15) is 56.1 Å². The van der Waals surface area contributed by atoms with Crippen molar-refractivity contribution in [3.05, 3.63) is 95.1 Å². The summed E-state index contributed by atoms with van der Waals surface area (Å²) in [5.41, 5.74) is 5.17. The number of benzene rings is 3. The summed E-state index contributed by atoms with van der Waals surface area (Å²) < 4.78 is 5.65. The van der Waals surface area contributed by atoms with E-state index in [0.717, 1.165) is 79.5 Å². The maximum absolute atomic E-state index is 12.9. The van der Waals surface area contributed by atoms with Crippen molar-refractivity contribution in [1.82, 2.24) is 9.88 Å². The van der Waals surface area contributed by atoms with Crippen LogP contribution in [0.5, 0.6) is 0 Å². The molecule has 0 radical (unpaired) electrons. The fourth-order valence-corrected chi connectivity index (χ4v) is 5.65. The number of fused-ring (bicyclic) bond motifs is 1. The van der Waals surface area contributed by atoms with E-state index in [4.69, 9.17) is 16.3 Å². The first kappa shape index (κ1) is 30.5. The maximum Gasteiger partial charge on any atom is 0.306 e. The molecule has 0 atom stereocenters. The molecule has 7 nitrogen and oxygen atoms in total. The number of halogens is 1. The fraction of sp³-hybridized carbons (Fsp3) is 0.343. The lowest BCUT2D eigenvalue weighted by Crippen LogP contribution is -2.36. The van der Waals surface area contributed by atoms with Crippen molar-refractivity contribution in [2.75, 3.05) is 30.3 Å². The van der Waals surface area contributed by atoms with Gasteiger partial charge in [0.1, 0.15) is 6.61 Å². The summed E-state index contributed by atoms with van der Waals surface area (Å²) in [6, 6.07) is 23.6. The van der Waals surface area contributed by atoms with Crippen molar-refractivity contribution in [3.8, 4) is 0 Å². The predicted molar refractivity (Wildman–Crippen MR) is 174 cm³/mol. The Bertz CT molecular complexity index is 1520. The van der Waals surface area contributed by atoms with E-state index in [2.05, 4.69) is 44.8 Å². The molecule has 1 aliphatic rings. The van der Waals surface area contributed by atoms with Crippen LogP contribution in [0.15, 0.2) is 79.0 Å². The Morgan fingerprint density at radius 2 is 1.67 bits per heavy atom. The second-order valence-electron chi connectivity index (χ2n) is 11.2. The van der Waals surface area contributed by atoms with Crippen LogP contribution < -0.4 is 10.6 Å². The maximum atomic E-state index is 12.9. The van der Waals surface area contributed by atoms with Crippen molar-refractivity contribution in [2.45, 2.75) is 58.0 Å². The molecular formula is C35H39ClN4O3. The highest BCUT2D eigenvalue weighted by atomic mass is 35.5. The van der Waals surface area contributed by atoms with Crippen LogP contribution in [0.4, 0.5) is 17.1 Å². The summed E-state index contributed by atoms with van der Waals surface area (Å²) in [6.45, 7) is 2.38. The first-order valence-corrected chi connectivity index (χ1v) is 15.6. The largest absolute Gasteiger partial charge is 0.461 e. The minimum Gasteiger partial charge on any atom is -0.461 e. The Kier molecular flexibility index (Phi) is 11.0. The summed E-state index contributed by atoms with van der Waals surface area (Å²) in [4.78, 5) is 32.1. The van der Waals surface area contributed by atoms with E-state index < -0.39 is 0 Å². The molecule has 4 aromatic rings. The van der Waals surface area contributed by atoms with Crippen molar-refractivity contribution in [3.63, 3.8) is 0 Å². The summed E-state index contributed by atoms with van der Waals surface area (Å²) in [5, 5.41) is 8.07. The molecule has 3 aromatic carbocycles. The molecule has 0 bridgehead atoms. The Hall–Kier alpha value is -3.94. The van der Waals surface area contributed by atoms with Gasteiger partial charge < -0.3 is 15.4 Å². The molecule has 0 spiro atoms. The molecule has 224 valence electrons. The van der Waals surface area contributed by atoms with E-state index in [1.807, 2.05) is 48.5 Å². The Balaban J connectivity index is 1.22. The average molecular weight is 599 g/mol. The van der Waals surface area contributed by atoms with Crippen LogP contribution in [0.3, 0.4) is 0 Å². The number of aromatic nitrogens is 1. The topological polar surface area (TPSA) is 83.6 Å². The number of piperidine rings is 1. The number of aryl methyl sites for hydroxylation is 1. The Morgan fingerprint density at radius 1 is 0.860 bits per heavy atom. The van der Waals surface area contributed by atoms with Crippen molar-refractivity contribution >= 4 is 51.4 Å². The molecule has 1 saturated heterocycles. The van der Waals surface area contributed by atoms with Gasteiger partial charge in [-0.15, -0.1) is 0 Å². The van der Waals surface area contributed by atoms with E-state index in [9.17, 15) is 9.59 Å². The van der Waals surface area contributed by atoms with E-state index >= 15 is 0 Å². The van der Waals surface area contributed by atoms with Gasteiger partial charge in [0.2, 0.25) is 5.91 Å². The van der Waals surface area contributed by atoms with Gasteiger partial charge in [0.15, 0.2) is 0 Å². The van der Waals surface area contributed by atoms with E-state index in [1.165, 1.54) is 12.0 Å². The van der Waals surface area contributed by atoms with Gasteiger partial charge in [0.25, 0.3) is 0 Å². The number of nitrogens with one attached hydrogen (secondary N) is 2. The lowest BCUT2D eigenvalue weighted by molar-refractivity contribution is -0.145. The summed E-state index contributed by atoms with van der Waals surface area (Å²) in [6.07, 6.45) is 9.42. The number of anilines is 3. The third-order valence-corrected chi connectivity index (χ3v) is 7.90. The number of hydrogen-bond donors (Lipinski definition) is 2. The van der Waals surface area contributed by atoms with Gasteiger partial charge in [-0.25, -0.2) is 0 Å². The fourth-order valence-electron chi connectivity index (χ4n) is 5.48. The Morgan fingerprint density at radius 3 is 2.51 bits per heavy atom. The zero-order chi connectivity index (χ0) is 29.9. The first-order chi connectivity index (χ1) is 21.0. The summed E-state index contributed by atoms with van der Waals surface area (Å²) in [7, 11) is 0. The van der Waals surface area contributed by atoms with Gasteiger partial charge in [-0.05, 0) is 98.8 Å². The minimum atomic E-state index is -0.217. The van der Waals surface area contributed by atoms with Crippen LogP contribution in [0, 0.1) is 0 Å². The molecule has 1 aliphatic heterocycles. The molecule has 0 aliphatic carbocycles. The van der Waals surface area contributed by atoms with E-state index in [1.54, 1.807) is 6.20 Å². The highest BCUT2D eigenvalue weighted by Gasteiger charge is 2.15. The number of amides is 1. The molecule has 2 heterocycles. The molecule has 1 amide bonds. The zero-order valence-electron chi connectivity index (χ0n) is 24.5. The zero-order valence-corrected chi connectivity index (χ0v) is 25.2. The van der Waals surface area contributed by atoms with Gasteiger partial charge in [-0.1, -0.05) is 54.8 Å². The standard InChI is InChI=1S/C35H39ClN4O3/c36-28-14-15-31-32(16-17-37-33(31)22-28)38-29-20-27(21-30(23-29)39-34(41)24-40-18-8-3-9-19-40)25-43-35(42)13-7-2-6-12-26-10-4-1-5-11-26/h1,4-5,10-11,14-17,20-23H,2-3,6-9,12-13,18-19,24-25H2,(H,37,38)(H,39,41). The van der Waals surface area contributed by atoms with Gasteiger partial charge in [-0.3, -0.25) is 19.5 Å². The number of nitrogens with zero attached hydrogens (tertiary/aromatic N) is 2. The van der Waals surface area contributed by atoms with Crippen molar-refractivity contribution in [1.29, 1.82) is 0 Å². The minimum absolute atomic E-state index is 0.0542. The van der Waals surface area contributed by atoms with E-state index in [0.29, 0.717) is 23.7 Å².